The van der Waals surface area contributed by atoms with E-state index in [1.807, 2.05) is 0 Å². The predicted molar refractivity (Wildman–Crippen MR) is 90.7 cm³/mol. The number of hydrogen-bond acceptors (Lipinski definition) is 7. The van der Waals surface area contributed by atoms with Gasteiger partial charge in [-0.25, -0.2) is 14.2 Å². The van der Waals surface area contributed by atoms with Crippen LogP contribution in [0, 0.1) is 15.9 Å². The Labute approximate surface area is 152 Å². The second-order valence-electron chi connectivity index (χ2n) is 5.37. The molecule has 3 rings (SSSR count). The number of oxazole rings is 1. The first-order chi connectivity index (χ1) is 13.0. The molecule has 2 aromatic carbocycles. The minimum Gasteiger partial charge on any atom is -0.480 e. The summed E-state index contributed by atoms with van der Waals surface area (Å²) in [4.78, 5) is 26.2. The monoisotopic (exact) mass is 372 g/mol. The molecule has 0 fully saturated rings. The Balaban J connectivity index is 1.77. The van der Waals surface area contributed by atoms with Crippen molar-refractivity contribution in [3.8, 4) is 17.2 Å². The molecule has 0 aliphatic heterocycles. The third-order valence-electron chi connectivity index (χ3n) is 3.58. The fourth-order valence-corrected chi connectivity index (χ4v) is 2.31. The van der Waals surface area contributed by atoms with Gasteiger partial charge in [0.15, 0.2) is 5.75 Å². The summed E-state index contributed by atoms with van der Waals surface area (Å²) in [5.41, 5.74) is 0.466. The van der Waals surface area contributed by atoms with Gasteiger partial charge in [-0.1, -0.05) is 6.07 Å². The average Bonchev–Trinajstić information content (AvgIpc) is 3.14. The number of halogens is 1. The molecule has 0 bridgehead atoms. The molecule has 0 aliphatic rings. The summed E-state index contributed by atoms with van der Waals surface area (Å²) >= 11 is 0. The van der Waals surface area contributed by atoms with Crippen molar-refractivity contribution in [2.45, 2.75) is 6.61 Å². The predicted octanol–water partition coefficient (Wildman–Crippen LogP) is 3.75. The highest BCUT2D eigenvalue weighted by Crippen LogP contribution is 2.29. The fourth-order valence-electron chi connectivity index (χ4n) is 2.31. The van der Waals surface area contributed by atoms with Crippen LogP contribution in [0.4, 0.5) is 10.1 Å². The zero-order valence-electron chi connectivity index (χ0n) is 14.0. The topological polar surface area (TPSA) is 105 Å². The van der Waals surface area contributed by atoms with E-state index >= 15 is 0 Å². The lowest BCUT2D eigenvalue weighted by atomic mass is 10.2. The Hall–Kier alpha value is -3.75. The van der Waals surface area contributed by atoms with Crippen molar-refractivity contribution in [1.82, 2.24) is 4.98 Å². The van der Waals surface area contributed by atoms with Crippen molar-refractivity contribution >= 4 is 11.7 Å². The number of hydrogen-bond donors (Lipinski definition) is 0. The summed E-state index contributed by atoms with van der Waals surface area (Å²) in [5, 5.41) is 11.2. The first-order valence-electron chi connectivity index (χ1n) is 7.68. The molecule has 0 radical (unpaired) electrons. The maximum Gasteiger partial charge on any atom is 0.338 e. The fraction of sp³-hybridized carbons (Fsp3) is 0.111. The maximum atomic E-state index is 13.3. The average molecular weight is 372 g/mol. The van der Waals surface area contributed by atoms with E-state index in [2.05, 4.69) is 9.72 Å². The van der Waals surface area contributed by atoms with Crippen molar-refractivity contribution in [1.29, 1.82) is 0 Å². The molecular weight excluding hydrogens is 359 g/mol. The number of methoxy groups -OCH3 is 1. The number of benzene rings is 2. The van der Waals surface area contributed by atoms with Gasteiger partial charge in [0, 0.05) is 11.6 Å². The first-order valence-corrected chi connectivity index (χ1v) is 7.68. The minimum atomic E-state index is -0.694. The summed E-state index contributed by atoms with van der Waals surface area (Å²) in [6, 6.07) is 9.46. The molecule has 9 heteroatoms. The molecule has 27 heavy (non-hydrogen) atoms. The van der Waals surface area contributed by atoms with Gasteiger partial charge >= 0.3 is 11.7 Å². The summed E-state index contributed by atoms with van der Waals surface area (Å²) in [7, 11) is 1.18. The molecule has 0 spiro atoms. The molecule has 0 saturated heterocycles. The van der Waals surface area contributed by atoms with Crippen LogP contribution >= 0.6 is 0 Å². The number of nitro benzene ring substituents is 1. The van der Waals surface area contributed by atoms with Crippen LogP contribution in [0.5, 0.6) is 5.75 Å². The lowest BCUT2D eigenvalue weighted by Gasteiger charge is -2.06. The summed E-state index contributed by atoms with van der Waals surface area (Å²) in [6.07, 6.45) is 1.31. The number of aromatic nitrogens is 1. The van der Waals surface area contributed by atoms with E-state index in [9.17, 15) is 19.3 Å². The number of nitrogens with zero attached hydrogens (tertiary/aromatic N) is 2. The quantitative estimate of drug-likeness (QED) is 0.368. The van der Waals surface area contributed by atoms with E-state index in [0.717, 1.165) is 6.07 Å². The molecule has 0 saturated carbocycles. The van der Waals surface area contributed by atoms with E-state index in [4.69, 9.17) is 9.15 Å². The Bertz CT molecular complexity index is 1000. The van der Waals surface area contributed by atoms with Gasteiger partial charge in [-0.15, -0.1) is 0 Å². The molecule has 138 valence electrons. The van der Waals surface area contributed by atoms with Gasteiger partial charge in [0.2, 0.25) is 5.89 Å². The van der Waals surface area contributed by atoms with Gasteiger partial charge < -0.3 is 13.9 Å². The maximum absolute atomic E-state index is 13.3. The number of ether oxygens (including phenoxy) is 2. The van der Waals surface area contributed by atoms with Crippen molar-refractivity contribution in [3.05, 3.63) is 75.9 Å². The third-order valence-corrected chi connectivity index (χ3v) is 3.58. The Morgan fingerprint density at radius 2 is 2.11 bits per heavy atom. The van der Waals surface area contributed by atoms with Gasteiger partial charge in [0.25, 0.3) is 0 Å². The van der Waals surface area contributed by atoms with E-state index in [-0.39, 0.29) is 29.5 Å². The largest absolute Gasteiger partial charge is 0.480 e. The number of carbonyl (C=O) groups excluding carboxylic acids is 1. The highest BCUT2D eigenvalue weighted by atomic mass is 19.1. The highest BCUT2D eigenvalue weighted by Gasteiger charge is 2.20. The number of carbonyl (C=O) groups is 1. The van der Waals surface area contributed by atoms with Crippen LogP contribution < -0.4 is 4.74 Å². The summed E-state index contributed by atoms with van der Waals surface area (Å²) < 4.78 is 28.5. The summed E-state index contributed by atoms with van der Waals surface area (Å²) in [6.45, 7) is -0.114. The van der Waals surface area contributed by atoms with Gasteiger partial charge in [-0.2, -0.15) is 0 Å². The molecular formula is C18H13FN2O6. The molecule has 3 aromatic rings. The second-order valence-corrected chi connectivity index (χ2v) is 5.37. The van der Waals surface area contributed by atoms with Crippen molar-refractivity contribution in [3.63, 3.8) is 0 Å². The molecule has 0 aliphatic carbocycles. The standard InChI is InChI=1S/C18H13FN2O6/c1-25-18(22)12-5-6-16(15(8-12)21(23)24)26-9-14-10-27-17(20-14)11-3-2-4-13(19)7-11/h2-8,10H,9H2,1H3. The molecule has 0 atom stereocenters. The van der Waals surface area contributed by atoms with E-state index in [1.165, 1.54) is 43.7 Å². The lowest BCUT2D eigenvalue weighted by molar-refractivity contribution is -0.386. The Morgan fingerprint density at radius 1 is 1.30 bits per heavy atom. The minimum absolute atomic E-state index is 0.0337. The van der Waals surface area contributed by atoms with Gasteiger partial charge in [0.1, 0.15) is 24.4 Å². The van der Waals surface area contributed by atoms with E-state index in [1.54, 1.807) is 6.07 Å². The SMILES string of the molecule is COC(=O)c1ccc(OCc2coc(-c3cccc(F)c3)n2)c([N+](=O)[O-])c1. The van der Waals surface area contributed by atoms with Crippen LogP contribution in [-0.4, -0.2) is 23.0 Å². The summed E-state index contributed by atoms with van der Waals surface area (Å²) in [5.74, 6) is -0.961. The number of rotatable bonds is 6. The normalized spacial score (nSPS) is 10.4. The van der Waals surface area contributed by atoms with Crippen LogP contribution in [-0.2, 0) is 11.3 Å². The number of nitro groups is 1. The molecule has 0 amide bonds. The van der Waals surface area contributed by atoms with Crippen molar-refractivity contribution < 1.29 is 28.0 Å². The van der Waals surface area contributed by atoms with Crippen LogP contribution in [0.15, 0.2) is 53.1 Å². The van der Waals surface area contributed by atoms with Gasteiger partial charge in [0.05, 0.1) is 17.6 Å². The van der Waals surface area contributed by atoms with Crippen molar-refractivity contribution in [2.24, 2.45) is 0 Å². The molecule has 0 unspecified atom stereocenters. The van der Waals surface area contributed by atoms with Crippen LogP contribution in [0.3, 0.4) is 0 Å². The number of esters is 1. The van der Waals surface area contributed by atoms with Crippen molar-refractivity contribution in [2.75, 3.05) is 7.11 Å². The smallest absolute Gasteiger partial charge is 0.338 e. The van der Waals surface area contributed by atoms with Crippen LogP contribution in [0.25, 0.3) is 11.5 Å². The highest BCUT2D eigenvalue weighted by molar-refractivity contribution is 5.90. The van der Waals surface area contributed by atoms with E-state index in [0.29, 0.717) is 11.3 Å². The molecule has 1 heterocycles. The Kier molecular flexibility index (Phi) is 5.11. The second kappa shape index (κ2) is 7.65. The van der Waals surface area contributed by atoms with Gasteiger partial charge in [-0.3, -0.25) is 10.1 Å². The van der Waals surface area contributed by atoms with Crippen LogP contribution in [0.2, 0.25) is 0 Å². The Morgan fingerprint density at radius 3 is 2.81 bits per heavy atom. The molecule has 8 nitrogen and oxygen atoms in total. The molecule has 1 aromatic heterocycles. The zero-order valence-corrected chi connectivity index (χ0v) is 14.0. The van der Waals surface area contributed by atoms with Crippen LogP contribution in [0.1, 0.15) is 16.1 Å². The van der Waals surface area contributed by atoms with E-state index < -0.39 is 16.7 Å². The third kappa shape index (κ3) is 4.09. The van der Waals surface area contributed by atoms with Gasteiger partial charge in [-0.05, 0) is 30.3 Å². The lowest BCUT2D eigenvalue weighted by Crippen LogP contribution is -2.04. The zero-order chi connectivity index (χ0) is 19.4. The first kappa shape index (κ1) is 18.1. The molecule has 0 N–H and O–H groups in total.